The molecule has 1 aliphatic rings. The first-order chi connectivity index (χ1) is 9.63. The number of aromatic nitrogens is 4. The van der Waals surface area contributed by atoms with Gasteiger partial charge in [0.1, 0.15) is 0 Å². The number of rotatable bonds is 2. The average Bonchev–Trinajstić information content (AvgIpc) is 2.86. The van der Waals surface area contributed by atoms with Crippen LogP contribution in [0.15, 0.2) is 16.2 Å². The highest BCUT2D eigenvalue weighted by Crippen LogP contribution is 2.22. The van der Waals surface area contributed by atoms with E-state index in [0.717, 1.165) is 25.9 Å². The molecule has 3 heterocycles. The zero-order chi connectivity index (χ0) is 14.3. The highest BCUT2D eigenvalue weighted by Gasteiger charge is 2.21. The molecule has 1 saturated heterocycles. The van der Waals surface area contributed by atoms with Gasteiger partial charge in [-0.1, -0.05) is 6.58 Å². The molecule has 2 aromatic rings. The Bertz CT molecular complexity index is 776. The van der Waals surface area contributed by atoms with Crippen LogP contribution in [0.4, 0.5) is 5.95 Å². The maximum absolute atomic E-state index is 12.0. The standard InChI is InChI=1S/C13H17N5O2/c1-3-18-9-10(16(2)13(20)15-11(9)19)14-12(18)17-7-5-4-6-8-17/h3H,1,4-8H2,2H3,(H,15,19,20). The molecule has 106 valence electrons. The van der Waals surface area contributed by atoms with Gasteiger partial charge < -0.3 is 4.90 Å². The van der Waals surface area contributed by atoms with Gasteiger partial charge in [0.05, 0.1) is 0 Å². The molecule has 1 fully saturated rings. The summed E-state index contributed by atoms with van der Waals surface area (Å²) in [5.74, 6) is 0.682. The second kappa shape index (κ2) is 4.66. The molecule has 7 nitrogen and oxygen atoms in total. The van der Waals surface area contributed by atoms with Crippen molar-refractivity contribution in [3.05, 3.63) is 27.4 Å². The second-order valence-corrected chi connectivity index (χ2v) is 5.00. The molecule has 0 radical (unpaired) electrons. The molecular formula is C13H17N5O2. The first-order valence-corrected chi connectivity index (χ1v) is 6.72. The lowest BCUT2D eigenvalue weighted by molar-refractivity contribution is 0.567. The molecular weight excluding hydrogens is 258 g/mol. The van der Waals surface area contributed by atoms with Crippen molar-refractivity contribution in [3.63, 3.8) is 0 Å². The minimum Gasteiger partial charge on any atom is -0.342 e. The Morgan fingerprint density at radius 2 is 1.95 bits per heavy atom. The summed E-state index contributed by atoms with van der Waals surface area (Å²) in [6.07, 6.45) is 4.99. The number of anilines is 1. The van der Waals surface area contributed by atoms with E-state index in [2.05, 4.69) is 21.4 Å². The van der Waals surface area contributed by atoms with Crippen molar-refractivity contribution in [2.24, 2.45) is 7.05 Å². The number of fused-ring (bicyclic) bond motifs is 1. The van der Waals surface area contributed by atoms with Crippen LogP contribution >= 0.6 is 0 Å². The van der Waals surface area contributed by atoms with E-state index in [-0.39, 0.29) is 0 Å². The summed E-state index contributed by atoms with van der Waals surface area (Å²) in [5.41, 5.74) is -0.137. The SMILES string of the molecule is C=Cn1c(N2CCCCC2)nc2c1c(=O)[nH]c(=O)n2C. The lowest BCUT2D eigenvalue weighted by atomic mass is 10.1. The number of aromatic amines is 1. The van der Waals surface area contributed by atoms with Gasteiger partial charge in [0.15, 0.2) is 11.2 Å². The fraction of sp³-hybridized carbons (Fsp3) is 0.462. The zero-order valence-corrected chi connectivity index (χ0v) is 11.4. The van der Waals surface area contributed by atoms with Gasteiger partial charge in [0, 0.05) is 26.3 Å². The van der Waals surface area contributed by atoms with E-state index >= 15 is 0 Å². The third kappa shape index (κ3) is 1.77. The summed E-state index contributed by atoms with van der Waals surface area (Å²) in [5, 5.41) is 0. The predicted octanol–water partition coefficient (Wildman–Crippen LogP) is 0.514. The van der Waals surface area contributed by atoms with Crippen molar-refractivity contribution in [2.45, 2.75) is 19.3 Å². The van der Waals surface area contributed by atoms with Gasteiger partial charge in [-0.05, 0) is 19.3 Å². The van der Waals surface area contributed by atoms with Gasteiger partial charge in [0.2, 0.25) is 5.95 Å². The lowest BCUT2D eigenvalue weighted by Crippen LogP contribution is -2.31. The molecule has 1 aliphatic heterocycles. The van der Waals surface area contributed by atoms with Gasteiger partial charge in [-0.3, -0.25) is 18.9 Å². The van der Waals surface area contributed by atoms with Crippen molar-refractivity contribution < 1.29 is 0 Å². The van der Waals surface area contributed by atoms with Crippen LogP contribution in [0.3, 0.4) is 0 Å². The highest BCUT2D eigenvalue weighted by atomic mass is 16.2. The lowest BCUT2D eigenvalue weighted by Gasteiger charge is -2.27. The van der Waals surface area contributed by atoms with Crippen LogP contribution in [0.2, 0.25) is 0 Å². The average molecular weight is 275 g/mol. The molecule has 20 heavy (non-hydrogen) atoms. The molecule has 7 heteroatoms. The van der Waals surface area contributed by atoms with Crippen LogP contribution < -0.4 is 16.1 Å². The first-order valence-electron chi connectivity index (χ1n) is 6.72. The van der Waals surface area contributed by atoms with Gasteiger partial charge in [0.25, 0.3) is 5.56 Å². The Kier molecular flexibility index (Phi) is 2.96. The van der Waals surface area contributed by atoms with E-state index in [1.54, 1.807) is 17.8 Å². The number of H-pyrrole nitrogens is 1. The van der Waals surface area contributed by atoms with E-state index < -0.39 is 11.2 Å². The summed E-state index contributed by atoms with van der Waals surface area (Å²) < 4.78 is 3.02. The molecule has 0 atom stereocenters. The maximum Gasteiger partial charge on any atom is 0.329 e. The van der Waals surface area contributed by atoms with E-state index in [9.17, 15) is 9.59 Å². The fourth-order valence-electron chi connectivity index (χ4n) is 2.68. The van der Waals surface area contributed by atoms with Crippen LogP contribution in [-0.2, 0) is 7.05 Å². The normalized spacial score (nSPS) is 15.8. The summed E-state index contributed by atoms with van der Waals surface area (Å²) in [6, 6.07) is 0. The first kappa shape index (κ1) is 12.7. The van der Waals surface area contributed by atoms with Crippen LogP contribution in [0, 0.1) is 0 Å². The number of nitrogens with one attached hydrogen (secondary N) is 1. The monoisotopic (exact) mass is 275 g/mol. The van der Waals surface area contributed by atoms with E-state index in [1.165, 1.54) is 11.0 Å². The molecule has 3 rings (SSSR count). The van der Waals surface area contributed by atoms with Gasteiger partial charge in [-0.2, -0.15) is 4.98 Å². The molecule has 2 aromatic heterocycles. The van der Waals surface area contributed by atoms with Crippen molar-refractivity contribution in [1.29, 1.82) is 0 Å². The van der Waals surface area contributed by atoms with Gasteiger partial charge in [-0.15, -0.1) is 0 Å². The molecule has 0 saturated carbocycles. The van der Waals surface area contributed by atoms with Gasteiger partial charge >= 0.3 is 5.69 Å². The molecule has 0 bridgehead atoms. The zero-order valence-electron chi connectivity index (χ0n) is 11.4. The Hall–Kier alpha value is -2.31. The van der Waals surface area contributed by atoms with Crippen LogP contribution in [0.5, 0.6) is 0 Å². The van der Waals surface area contributed by atoms with Crippen molar-refractivity contribution in [1.82, 2.24) is 19.1 Å². The molecule has 0 spiro atoms. The van der Waals surface area contributed by atoms with Crippen LogP contribution in [0.25, 0.3) is 17.4 Å². The van der Waals surface area contributed by atoms with E-state index in [0.29, 0.717) is 17.1 Å². The van der Waals surface area contributed by atoms with Crippen LogP contribution in [0.1, 0.15) is 19.3 Å². The minimum atomic E-state index is -0.457. The molecule has 0 unspecified atom stereocenters. The summed E-state index contributed by atoms with van der Waals surface area (Å²) in [7, 11) is 1.60. The molecule has 0 aromatic carbocycles. The number of imidazole rings is 1. The number of hydrogen-bond acceptors (Lipinski definition) is 4. The number of aryl methyl sites for hydroxylation is 1. The third-order valence-corrected chi connectivity index (χ3v) is 3.75. The van der Waals surface area contributed by atoms with E-state index in [1.807, 2.05) is 0 Å². The largest absolute Gasteiger partial charge is 0.342 e. The van der Waals surface area contributed by atoms with Crippen molar-refractivity contribution in [3.8, 4) is 0 Å². The number of nitrogens with zero attached hydrogens (tertiary/aromatic N) is 4. The highest BCUT2D eigenvalue weighted by molar-refractivity contribution is 5.77. The Morgan fingerprint density at radius 3 is 2.60 bits per heavy atom. The van der Waals surface area contributed by atoms with Gasteiger partial charge in [-0.25, -0.2) is 4.79 Å². The third-order valence-electron chi connectivity index (χ3n) is 3.75. The Labute approximate surface area is 115 Å². The summed E-state index contributed by atoms with van der Waals surface area (Å²) >= 11 is 0. The van der Waals surface area contributed by atoms with Crippen molar-refractivity contribution >= 4 is 23.3 Å². The van der Waals surface area contributed by atoms with Crippen LogP contribution in [-0.4, -0.2) is 32.2 Å². The molecule has 0 amide bonds. The Morgan fingerprint density at radius 1 is 1.25 bits per heavy atom. The quantitative estimate of drug-likeness (QED) is 0.866. The topological polar surface area (TPSA) is 75.9 Å². The second-order valence-electron chi connectivity index (χ2n) is 5.00. The van der Waals surface area contributed by atoms with E-state index in [4.69, 9.17) is 0 Å². The summed E-state index contributed by atoms with van der Waals surface area (Å²) in [6.45, 7) is 5.57. The Balaban J connectivity index is 2.30. The molecule has 1 N–H and O–H groups in total. The molecule has 0 aliphatic carbocycles. The maximum atomic E-state index is 12.0. The number of hydrogen-bond donors (Lipinski definition) is 1. The summed E-state index contributed by atoms with van der Waals surface area (Å²) in [4.78, 5) is 32.6. The fourth-order valence-corrected chi connectivity index (χ4v) is 2.68. The van der Waals surface area contributed by atoms with Crippen molar-refractivity contribution in [2.75, 3.05) is 18.0 Å². The minimum absolute atomic E-state index is 0.364. The predicted molar refractivity (Wildman–Crippen MR) is 78.0 cm³/mol. The number of piperidine rings is 1. The smallest absolute Gasteiger partial charge is 0.329 e.